The molecule has 2 amide bonds. The highest BCUT2D eigenvalue weighted by Gasteiger charge is 2.37. The molecular formula is C23H32N2O4. The summed E-state index contributed by atoms with van der Waals surface area (Å²) < 4.78 is 11.1. The third kappa shape index (κ3) is 4.74. The van der Waals surface area contributed by atoms with E-state index in [0.717, 1.165) is 50.2 Å². The molecule has 0 unspecified atom stereocenters. The zero-order chi connectivity index (χ0) is 20.2. The molecule has 1 aliphatic carbocycles. The van der Waals surface area contributed by atoms with Crippen LogP contribution in [0.1, 0.15) is 55.3 Å². The first kappa shape index (κ1) is 20.2. The van der Waals surface area contributed by atoms with E-state index in [1.807, 2.05) is 29.2 Å². The second-order valence-corrected chi connectivity index (χ2v) is 8.61. The highest BCUT2D eigenvalue weighted by atomic mass is 16.5. The van der Waals surface area contributed by atoms with E-state index in [4.69, 9.17) is 9.47 Å². The first-order valence-corrected chi connectivity index (χ1v) is 11.0. The third-order valence-electron chi connectivity index (χ3n) is 6.63. The lowest BCUT2D eigenvalue weighted by Gasteiger charge is -2.32. The van der Waals surface area contributed by atoms with E-state index < -0.39 is 0 Å². The Balaban J connectivity index is 1.27. The van der Waals surface area contributed by atoms with Crippen LogP contribution in [-0.2, 0) is 9.53 Å². The van der Waals surface area contributed by atoms with Gasteiger partial charge in [-0.2, -0.15) is 0 Å². The van der Waals surface area contributed by atoms with Crippen LogP contribution >= 0.6 is 0 Å². The number of methoxy groups -OCH3 is 1. The van der Waals surface area contributed by atoms with Gasteiger partial charge in [0.1, 0.15) is 11.9 Å². The fourth-order valence-electron chi connectivity index (χ4n) is 4.99. The normalized spacial score (nSPS) is 24.6. The summed E-state index contributed by atoms with van der Waals surface area (Å²) in [5.74, 6) is 1.81. The molecule has 2 bridgehead atoms. The molecule has 4 rings (SSSR count). The third-order valence-corrected chi connectivity index (χ3v) is 6.63. The number of rotatable bonds is 6. The van der Waals surface area contributed by atoms with Crippen molar-refractivity contribution in [2.45, 2.75) is 57.1 Å². The van der Waals surface area contributed by atoms with Crippen LogP contribution in [0.5, 0.6) is 5.75 Å². The lowest BCUT2D eigenvalue weighted by atomic mass is 9.90. The van der Waals surface area contributed by atoms with E-state index >= 15 is 0 Å². The Labute approximate surface area is 173 Å². The summed E-state index contributed by atoms with van der Waals surface area (Å²) in [4.78, 5) is 29.0. The molecule has 3 fully saturated rings. The average Bonchev–Trinajstić information content (AvgIpc) is 3.05. The molecule has 3 aliphatic rings. The van der Waals surface area contributed by atoms with Gasteiger partial charge in [-0.05, 0) is 49.4 Å². The minimum Gasteiger partial charge on any atom is -0.490 e. The highest BCUT2D eigenvalue weighted by Crippen LogP contribution is 2.36. The molecule has 0 aromatic heterocycles. The molecule has 2 atom stereocenters. The molecule has 2 saturated heterocycles. The van der Waals surface area contributed by atoms with Crippen LogP contribution in [0, 0.1) is 5.92 Å². The SMILES string of the molecule is COCCC(=O)N1CCC(Oc2ccc(C(=O)N3C[C@@H]4CCC[C@H]3C4)cc2)CC1. The first-order chi connectivity index (χ1) is 14.1. The van der Waals surface area contributed by atoms with Crippen molar-refractivity contribution in [2.24, 2.45) is 5.92 Å². The van der Waals surface area contributed by atoms with Crippen LogP contribution in [0.2, 0.25) is 0 Å². The molecule has 0 spiro atoms. The van der Waals surface area contributed by atoms with E-state index in [-0.39, 0.29) is 17.9 Å². The van der Waals surface area contributed by atoms with Gasteiger partial charge in [-0.25, -0.2) is 0 Å². The van der Waals surface area contributed by atoms with Crippen LogP contribution in [-0.4, -0.2) is 67.1 Å². The lowest BCUT2D eigenvalue weighted by Crippen LogP contribution is -2.42. The number of amides is 2. The molecule has 0 radical (unpaired) electrons. The summed E-state index contributed by atoms with van der Waals surface area (Å²) in [7, 11) is 1.61. The van der Waals surface area contributed by atoms with Gasteiger partial charge in [0.2, 0.25) is 5.91 Å². The van der Waals surface area contributed by atoms with Gasteiger partial charge in [0.15, 0.2) is 0 Å². The van der Waals surface area contributed by atoms with Gasteiger partial charge >= 0.3 is 0 Å². The number of hydrogen-bond acceptors (Lipinski definition) is 4. The zero-order valence-electron chi connectivity index (χ0n) is 17.3. The van der Waals surface area contributed by atoms with Gasteiger partial charge < -0.3 is 19.3 Å². The quantitative estimate of drug-likeness (QED) is 0.736. The molecule has 29 heavy (non-hydrogen) atoms. The van der Waals surface area contributed by atoms with Crippen LogP contribution in [0.25, 0.3) is 0 Å². The predicted molar refractivity (Wildman–Crippen MR) is 110 cm³/mol. The number of nitrogens with zero attached hydrogens (tertiary/aromatic N) is 2. The molecule has 1 aromatic rings. The number of benzene rings is 1. The molecule has 6 nitrogen and oxygen atoms in total. The Bertz CT molecular complexity index is 712. The molecular weight excluding hydrogens is 368 g/mol. The largest absolute Gasteiger partial charge is 0.490 e. The van der Waals surface area contributed by atoms with Crippen LogP contribution in [0.4, 0.5) is 0 Å². The maximum Gasteiger partial charge on any atom is 0.254 e. The van der Waals surface area contributed by atoms with Gasteiger partial charge in [0.05, 0.1) is 13.0 Å². The van der Waals surface area contributed by atoms with Gasteiger partial charge in [0.25, 0.3) is 5.91 Å². The minimum absolute atomic E-state index is 0.112. The Hall–Kier alpha value is -2.08. The Morgan fingerprint density at radius 3 is 2.52 bits per heavy atom. The van der Waals surface area contributed by atoms with Crippen molar-refractivity contribution in [1.82, 2.24) is 9.80 Å². The number of carbonyl (C=O) groups excluding carboxylic acids is 2. The maximum atomic E-state index is 12.9. The summed E-state index contributed by atoms with van der Waals surface area (Å²) in [6.45, 7) is 2.84. The second kappa shape index (κ2) is 9.16. The fourth-order valence-corrected chi connectivity index (χ4v) is 4.99. The van der Waals surface area contributed by atoms with Gasteiger partial charge in [0, 0.05) is 51.2 Å². The Morgan fingerprint density at radius 1 is 1.07 bits per heavy atom. The number of hydrogen-bond donors (Lipinski definition) is 0. The lowest BCUT2D eigenvalue weighted by molar-refractivity contribution is -0.133. The van der Waals surface area contributed by atoms with E-state index in [2.05, 4.69) is 4.90 Å². The summed E-state index contributed by atoms with van der Waals surface area (Å²) in [6.07, 6.45) is 7.06. The molecule has 1 aromatic carbocycles. The standard InChI is InChI=1S/C23H32N2O4/c1-28-14-11-22(26)24-12-9-21(10-13-24)29-20-7-5-18(6-8-20)23(27)25-16-17-3-2-4-19(25)15-17/h5-8,17,19,21H,2-4,9-16H2,1H3/t17-,19+/m1/s1. The van der Waals surface area contributed by atoms with Gasteiger partial charge in [-0.15, -0.1) is 0 Å². The molecule has 158 valence electrons. The molecule has 1 saturated carbocycles. The maximum absolute atomic E-state index is 12.9. The molecule has 2 aliphatic heterocycles. The van der Waals surface area contributed by atoms with E-state index in [1.54, 1.807) is 7.11 Å². The molecule has 2 heterocycles. The number of fused-ring (bicyclic) bond motifs is 2. The zero-order valence-corrected chi connectivity index (χ0v) is 17.3. The summed E-state index contributed by atoms with van der Waals surface area (Å²) >= 11 is 0. The average molecular weight is 401 g/mol. The topological polar surface area (TPSA) is 59.1 Å². The van der Waals surface area contributed by atoms with Crippen LogP contribution in [0.3, 0.4) is 0 Å². The van der Waals surface area contributed by atoms with Gasteiger partial charge in [-0.1, -0.05) is 6.42 Å². The van der Waals surface area contributed by atoms with Crippen molar-refractivity contribution >= 4 is 11.8 Å². The van der Waals surface area contributed by atoms with Crippen molar-refractivity contribution in [3.05, 3.63) is 29.8 Å². The minimum atomic E-state index is 0.112. The van der Waals surface area contributed by atoms with Crippen molar-refractivity contribution in [3.63, 3.8) is 0 Å². The summed E-state index contributed by atoms with van der Waals surface area (Å²) in [6, 6.07) is 8.04. The highest BCUT2D eigenvalue weighted by molar-refractivity contribution is 5.94. The number of piperidine rings is 1. The summed E-state index contributed by atoms with van der Waals surface area (Å²) in [5.41, 5.74) is 0.753. The van der Waals surface area contributed by atoms with Crippen molar-refractivity contribution < 1.29 is 19.1 Å². The smallest absolute Gasteiger partial charge is 0.254 e. The van der Waals surface area contributed by atoms with Crippen LogP contribution in [0.15, 0.2) is 24.3 Å². The Morgan fingerprint density at radius 2 is 1.83 bits per heavy atom. The van der Waals surface area contributed by atoms with Crippen LogP contribution < -0.4 is 4.74 Å². The molecule has 6 heteroatoms. The van der Waals surface area contributed by atoms with E-state index in [0.29, 0.717) is 25.0 Å². The monoisotopic (exact) mass is 400 g/mol. The Kier molecular flexibility index (Phi) is 6.38. The fraction of sp³-hybridized carbons (Fsp3) is 0.652. The first-order valence-electron chi connectivity index (χ1n) is 11.0. The summed E-state index contributed by atoms with van der Waals surface area (Å²) in [5, 5.41) is 0. The number of likely N-dealkylation sites (tertiary alicyclic amines) is 2. The predicted octanol–water partition coefficient (Wildman–Crippen LogP) is 3.11. The van der Waals surface area contributed by atoms with Gasteiger partial charge in [-0.3, -0.25) is 9.59 Å². The number of ether oxygens (including phenoxy) is 2. The van der Waals surface area contributed by atoms with Crippen molar-refractivity contribution in [1.29, 1.82) is 0 Å². The van der Waals surface area contributed by atoms with Crippen molar-refractivity contribution in [3.8, 4) is 5.75 Å². The number of carbonyl (C=O) groups is 2. The van der Waals surface area contributed by atoms with E-state index in [1.165, 1.54) is 19.3 Å². The van der Waals surface area contributed by atoms with E-state index in [9.17, 15) is 9.59 Å². The molecule has 0 N–H and O–H groups in total. The van der Waals surface area contributed by atoms with Crippen molar-refractivity contribution in [2.75, 3.05) is 33.4 Å². The second-order valence-electron chi connectivity index (χ2n) is 8.61.